The molecule has 1 N–H and O–H groups in total. The number of carbonyl (C=O) groups excluding carboxylic acids is 2. The summed E-state index contributed by atoms with van der Waals surface area (Å²) >= 11 is 15.6. The van der Waals surface area contributed by atoms with Crippen molar-refractivity contribution in [2.45, 2.75) is 13.2 Å². The van der Waals surface area contributed by atoms with Gasteiger partial charge in [-0.15, -0.1) is 0 Å². The van der Waals surface area contributed by atoms with Crippen LogP contribution in [0.3, 0.4) is 0 Å². The summed E-state index contributed by atoms with van der Waals surface area (Å²) < 4.78 is 6.77. The van der Waals surface area contributed by atoms with Gasteiger partial charge in [0, 0.05) is 25.6 Å². The normalized spacial score (nSPS) is 14.7. The van der Waals surface area contributed by atoms with Gasteiger partial charge in [0.05, 0.1) is 6.54 Å². The number of amides is 3. The number of halogens is 3. The number of nitrogens with zero attached hydrogens (tertiary/aromatic N) is 1. The predicted molar refractivity (Wildman–Crippen MR) is 128 cm³/mol. The molecule has 1 fully saturated rings. The number of benzene rings is 3. The summed E-state index contributed by atoms with van der Waals surface area (Å²) in [5.41, 5.74) is 2.45. The standard InChI is InChI=1S/C24H17BrCl2N2O3/c25-18-7-9-22(32-14-16-6-8-19(26)12-20(16)27)17(10-18)11-21-23(30)29(24(31)28-21)13-15-4-2-1-3-5-15/h1-12H,13-14H2,(H,28,31)/b21-11+. The van der Waals surface area contributed by atoms with Gasteiger partial charge in [-0.2, -0.15) is 0 Å². The Labute approximate surface area is 203 Å². The minimum atomic E-state index is -0.462. The first-order valence-corrected chi connectivity index (χ1v) is 11.2. The van der Waals surface area contributed by atoms with E-state index < -0.39 is 11.9 Å². The number of hydrogen-bond acceptors (Lipinski definition) is 3. The molecule has 0 bridgehead atoms. The SMILES string of the molecule is O=C1N/C(=C/c2cc(Br)ccc2OCc2ccc(Cl)cc2Cl)C(=O)N1Cc1ccccc1. The lowest BCUT2D eigenvalue weighted by atomic mass is 10.1. The fourth-order valence-corrected chi connectivity index (χ4v) is 4.04. The Morgan fingerprint density at radius 1 is 1.00 bits per heavy atom. The summed E-state index contributed by atoms with van der Waals surface area (Å²) in [4.78, 5) is 26.4. The molecule has 0 spiro atoms. The van der Waals surface area contributed by atoms with Crippen LogP contribution in [-0.4, -0.2) is 16.8 Å². The van der Waals surface area contributed by atoms with Crippen molar-refractivity contribution in [1.82, 2.24) is 10.2 Å². The van der Waals surface area contributed by atoms with Crippen molar-refractivity contribution in [3.63, 3.8) is 0 Å². The molecule has 1 aliphatic heterocycles. The minimum Gasteiger partial charge on any atom is -0.488 e. The van der Waals surface area contributed by atoms with Crippen LogP contribution in [0.25, 0.3) is 6.08 Å². The smallest absolute Gasteiger partial charge is 0.329 e. The monoisotopic (exact) mass is 530 g/mol. The molecular formula is C24H17BrCl2N2O3. The van der Waals surface area contributed by atoms with Crippen LogP contribution in [0.15, 0.2) is 76.9 Å². The molecule has 1 heterocycles. The highest BCUT2D eigenvalue weighted by atomic mass is 79.9. The second-order valence-corrected chi connectivity index (χ2v) is 8.83. The lowest BCUT2D eigenvalue weighted by Crippen LogP contribution is -2.30. The zero-order valence-corrected chi connectivity index (χ0v) is 19.7. The molecule has 0 unspecified atom stereocenters. The van der Waals surface area contributed by atoms with Crippen LogP contribution < -0.4 is 10.1 Å². The fraction of sp³-hybridized carbons (Fsp3) is 0.0833. The van der Waals surface area contributed by atoms with E-state index in [9.17, 15) is 9.59 Å². The van der Waals surface area contributed by atoms with Crippen molar-refractivity contribution in [3.05, 3.63) is 104 Å². The molecule has 0 aromatic heterocycles. The van der Waals surface area contributed by atoms with Crippen LogP contribution in [-0.2, 0) is 17.9 Å². The first-order chi connectivity index (χ1) is 15.4. The number of rotatable bonds is 6. The van der Waals surface area contributed by atoms with Crippen molar-refractivity contribution in [2.75, 3.05) is 0 Å². The van der Waals surface area contributed by atoms with Crippen LogP contribution in [0.4, 0.5) is 4.79 Å². The molecular weight excluding hydrogens is 515 g/mol. The van der Waals surface area contributed by atoms with E-state index in [-0.39, 0.29) is 18.8 Å². The summed E-state index contributed by atoms with van der Waals surface area (Å²) in [5, 5.41) is 3.70. The molecule has 1 aliphatic rings. The fourth-order valence-electron chi connectivity index (χ4n) is 3.19. The number of urea groups is 1. The summed E-state index contributed by atoms with van der Waals surface area (Å²) in [6.45, 7) is 0.411. The molecule has 8 heteroatoms. The first-order valence-electron chi connectivity index (χ1n) is 9.65. The maximum absolute atomic E-state index is 12.9. The zero-order valence-electron chi connectivity index (χ0n) is 16.6. The third kappa shape index (κ3) is 5.15. The number of carbonyl (C=O) groups is 2. The molecule has 0 radical (unpaired) electrons. The number of imide groups is 1. The van der Waals surface area contributed by atoms with Crippen molar-refractivity contribution < 1.29 is 14.3 Å². The van der Waals surface area contributed by atoms with Crippen molar-refractivity contribution >= 4 is 57.1 Å². The van der Waals surface area contributed by atoms with Gasteiger partial charge in [0.25, 0.3) is 5.91 Å². The highest BCUT2D eigenvalue weighted by Gasteiger charge is 2.33. The molecule has 3 amide bonds. The van der Waals surface area contributed by atoms with Gasteiger partial charge < -0.3 is 10.1 Å². The van der Waals surface area contributed by atoms with Gasteiger partial charge in [0.1, 0.15) is 18.1 Å². The van der Waals surface area contributed by atoms with Crippen molar-refractivity contribution in [2.24, 2.45) is 0 Å². The van der Waals surface area contributed by atoms with Gasteiger partial charge in [-0.25, -0.2) is 4.79 Å². The van der Waals surface area contributed by atoms with E-state index in [0.717, 1.165) is 15.6 Å². The lowest BCUT2D eigenvalue weighted by molar-refractivity contribution is -0.123. The van der Waals surface area contributed by atoms with Crippen LogP contribution in [0.1, 0.15) is 16.7 Å². The van der Waals surface area contributed by atoms with E-state index in [2.05, 4.69) is 21.2 Å². The van der Waals surface area contributed by atoms with Crippen LogP contribution in [0.5, 0.6) is 5.75 Å². The van der Waals surface area contributed by atoms with Crippen LogP contribution >= 0.6 is 39.1 Å². The number of hydrogen-bond donors (Lipinski definition) is 1. The third-order valence-electron chi connectivity index (χ3n) is 4.82. The Kier molecular flexibility index (Phi) is 6.84. The van der Waals surface area contributed by atoms with Gasteiger partial charge in [0.15, 0.2) is 0 Å². The minimum absolute atomic E-state index is 0.179. The first kappa shape index (κ1) is 22.4. The summed E-state index contributed by atoms with van der Waals surface area (Å²) in [6, 6.07) is 19.5. The maximum atomic E-state index is 12.9. The van der Waals surface area contributed by atoms with Gasteiger partial charge in [-0.1, -0.05) is 75.5 Å². The Balaban J connectivity index is 1.56. The Morgan fingerprint density at radius 3 is 2.53 bits per heavy atom. The highest BCUT2D eigenvalue weighted by Crippen LogP contribution is 2.29. The average molecular weight is 532 g/mol. The largest absolute Gasteiger partial charge is 0.488 e. The van der Waals surface area contributed by atoms with E-state index in [1.807, 2.05) is 42.5 Å². The van der Waals surface area contributed by atoms with Gasteiger partial charge in [-0.3, -0.25) is 9.69 Å². The molecule has 0 aliphatic carbocycles. The topological polar surface area (TPSA) is 58.6 Å². The predicted octanol–water partition coefficient (Wildman–Crippen LogP) is 6.43. The van der Waals surface area contributed by atoms with E-state index in [1.54, 1.807) is 30.3 Å². The van der Waals surface area contributed by atoms with Gasteiger partial charge in [-0.05, 0) is 42.0 Å². The zero-order chi connectivity index (χ0) is 22.7. The molecule has 5 nitrogen and oxygen atoms in total. The van der Waals surface area contributed by atoms with Crippen LogP contribution in [0.2, 0.25) is 10.0 Å². The molecule has 1 saturated heterocycles. The highest BCUT2D eigenvalue weighted by molar-refractivity contribution is 9.10. The van der Waals surface area contributed by atoms with Crippen molar-refractivity contribution in [3.8, 4) is 5.75 Å². The second kappa shape index (κ2) is 9.77. The Bertz CT molecular complexity index is 1220. The van der Waals surface area contributed by atoms with E-state index in [0.29, 0.717) is 21.4 Å². The number of nitrogens with one attached hydrogen (secondary N) is 1. The molecule has 3 aromatic carbocycles. The van der Waals surface area contributed by atoms with Crippen LogP contribution in [0, 0.1) is 0 Å². The van der Waals surface area contributed by atoms with E-state index in [4.69, 9.17) is 27.9 Å². The Morgan fingerprint density at radius 2 is 1.78 bits per heavy atom. The maximum Gasteiger partial charge on any atom is 0.329 e. The average Bonchev–Trinajstić information content (AvgIpc) is 3.02. The third-order valence-corrected chi connectivity index (χ3v) is 5.90. The molecule has 3 aromatic rings. The lowest BCUT2D eigenvalue weighted by Gasteiger charge is -2.12. The summed E-state index contributed by atoms with van der Waals surface area (Å²) in [5.74, 6) is 0.140. The summed E-state index contributed by atoms with van der Waals surface area (Å²) in [6.07, 6.45) is 1.61. The van der Waals surface area contributed by atoms with Crippen molar-refractivity contribution in [1.29, 1.82) is 0 Å². The molecule has 162 valence electrons. The van der Waals surface area contributed by atoms with E-state index in [1.165, 1.54) is 4.90 Å². The number of ether oxygens (including phenoxy) is 1. The quantitative estimate of drug-likeness (QED) is 0.294. The molecule has 0 saturated carbocycles. The molecule has 32 heavy (non-hydrogen) atoms. The van der Waals surface area contributed by atoms with Gasteiger partial charge in [0.2, 0.25) is 0 Å². The van der Waals surface area contributed by atoms with E-state index >= 15 is 0 Å². The molecule has 4 rings (SSSR count). The second-order valence-electron chi connectivity index (χ2n) is 7.07. The molecule has 0 atom stereocenters. The van der Waals surface area contributed by atoms with Gasteiger partial charge >= 0.3 is 6.03 Å². The Hall–Kier alpha value is -2.80. The summed E-state index contributed by atoms with van der Waals surface area (Å²) in [7, 11) is 0.